The van der Waals surface area contributed by atoms with Crippen molar-refractivity contribution in [2.24, 2.45) is 0 Å². The number of rotatable bonds is 4. The number of hydrogen-bond donors (Lipinski definition) is 1. The van der Waals surface area contributed by atoms with Gasteiger partial charge in [-0.05, 0) is 31.2 Å². The molecule has 0 amide bonds. The summed E-state index contributed by atoms with van der Waals surface area (Å²) in [4.78, 5) is 9.96. The van der Waals surface area contributed by atoms with Gasteiger partial charge in [-0.25, -0.2) is 4.98 Å². The molecule has 0 spiro atoms. The molecule has 0 atom stereocenters. The second-order valence-electron chi connectivity index (χ2n) is 4.56. The standard InChI is InChI=1S/C15H14ClN3S/c1-10-9-19-15(20-10)5-7-17-13-4-6-18-14-8-11(16)2-3-12(13)14/h2-4,6,8-9H,5,7H2,1H3,(H,17,18). The monoisotopic (exact) mass is 303 g/mol. The van der Waals surface area contributed by atoms with Crippen LogP contribution in [0.2, 0.25) is 5.02 Å². The molecule has 0 aliphatic rings. The topological polar surface area (TPSA) is 37.8 Å². The fourth-order valence-corrected chi connectivity index (χ4v) is 3.05. The average molecular weight is 304 g/mol. The maximum absolute atomic E-state index is 5.99. The van der Waals surface area contributed by atoms with Crippen molar-refractivity contribution in [3.63, 3.8) is 0 Å². The van der Waals surface area contributed by atoms with Gasteiger partial charge in [-0.1, -0.05) is 11.6 Å². The van der Waals surface area contributed by atoms with Crippen LogP contribution in [0, 0.1) is 6.92 Å². The Morgan fingerprint density at radius 1 is 1.25 bits per heavy atom. The van der Waals surface area contributed by atoms with Gasteiger partial charge in [-0.3, -0.25) is 4.98 Å². The Balaban J connectivity index is 1.74. The largest absolute Gasteiger partial charge is 0.384 e. The van der Waals surface area contributed by atoms with Crippen LogP contribution in [0.1, 0.15) is 9.88 Å². The number of thiazole rings is 1. The number of benzene rings is 1. The minimum Gasteiger partial charge on any atom is -0.384 e. The predicted octanol–water partition coefficient (Wildman–Crippen LogP) is 4.31. The molecule has 0 saturated carbocycles. The maximum Gasteiger partial charge on any atom is 0.0945 e. The van der Waals surface area contributed by atoms with Crippen LogP contribution in [0.4, 0.5) is 5.69 Å². The van der Waals surface area contributed by atoms with E-state index in [9.17, 15) is 0 Å². The third-order valence-electron chi connectivity index (χ3n) is 3.03. The molecule has 5 heteroatoms. The van der Waals surface area contributed by atoms with Gasteiger partial charge in [-0.2, -0.15) is 0 Å². The molecule has 3 aromatic rings. The van der Waals surface area contributed by atoms with Gasteiger partial charge < -0.3 is 5.32 Å². The lowest BCUT2D eigenvalue weighted by atomic mass is 10.2. The molecule has 1 N–H and O–H groups in total. The summed E-state index contributed by atoms with van der Waals surface area (Å²) in [6, 6.07) is 7.76. The first kappa shape index (κ1) is 13.3. The molecule has 2 heterocycles. The molecule has 0 radical (unpaired) electrons. The van der Waals surface area contributed by atoms with Crippen LogP contribution >= 0.6 is 22.9 Å². The molecule has 0 aliphatic heterocycles. The lowest BCUT2D eigenvalue weighted by Gasteiger charge is -2.08. The van der Waals surface area contributed by atoms with Crippen molar-refractivity contribution in [1.82, 2.24) is 9.97 Å². The van der Waals surface area contributed by atoms with E-state index < -0.39 is 0 Å². The highest BCUT2D eigenvalue weighted by Crippen LogP contribution is 2.24. The normalized spacial score (nSPS) is 10.9. The van der Waals surface area contributed by atoms with Crippen LogP contribution in [0.25, 0.3) is 10.9 Å². The molecule has 0 saturated heterocycles. The molecule has 3 rings (SSSR count). The third kappa shape index (κ3) is 2.92. The van der Waals surface area contributed by atoms with Crippen LogP contribution in [-0.4, -0.2) is 16.5 Å². The molecule has 1 aromatic carbocycles. The molecule has 0 bridgehead atoms. The number of nitrogens with zero attached hydrogens (tertiary/aromatic N) is 2. The summed E-state index contributed by atoms with van der Waals surface area (Å²) in [5.74, 6) is 0. The summed E-state index contributed by atoms with van der Waals surface area (Å²) in [6.07, 6.45) is 4.65. The van der Waals surface area contributed by atoms with E-state index in [4.69, 9.17) is 11.6 Å². The first-order valence-corrected chi connectivity index (χ1v) is 7.61. The van der Waals surface area contributed by atoms with Crippen molar-refractivity contribution in [2.75, 3.05) is 11.9 Å². The van der Waals surface area contributed by atoms with E-state index in [2.05, 4.69) is 22.2 Å². The summed E-state index contributed by atoms with van der Waals surface area (Å²) >= 11 is 7.74. The number of hydrogen-bond acceptors (Lipinski definition) is 4. The fourth-order valence-electron chi connectivity index (χ4n) is 2.10. The van der Waals surface area contributed by atoms with E-state index >= 15 is 0 Å². The van der Waals surface area contributed by atoms with Crippen molar-refractivity contribution < 1.29 is 0 Å². The Hall–Kier alpha value is -1.65. The third-order valence-corrected chi connectivity index (χ3v) is 4.24. The van der Waals surface area contributed by atoms with Gasteiger partial charge in [0.1, 0.15) is 0 Å². The molecule has 20 heavy (non-hydrogen) atoms. The summed E-state index contributed by atoms with van der Waals surface area (Å²) in [6.45, 7) is 2.93. The molecular weight excluding hydrogens is 290 g/mol. The number of pyridine rings is 1. The minimum atomic E-state index is 0.709. The van der Waals surface area contributed by atoms with Crippen LogP contribution in [0.15, 0.2) is 36.7 Å². The first-order valence-electron chi connectivity index (χ1n) is 6.42. The highest BCUT2D eigenvalue weighted by molar-refractivity contribution is 7.11. The Labute approximate surface area is 126 Å². The van der Waals surface area contributed by atoms with Crippen LogP contribution in [-0.2, 0) is 6.42 Å². The maximum atomic E-state index is 5.99. The zero-order valence-electron chi connectivity index (χ0n) is 11.1. The van der Waals surface area contributed by atoms with Gasteiger partial charge in [-0.15, -0.1) is 11.3 Å². The second kappa shape index (κ2) is 5.77. The first-order chi connectivity index (χ1) is 9.72. The van der Waals surface area contributed by atoms with E-state index in [0.29, 0.717) is 5.02 Å². The van der Waals surface area contributed by atoms with Crippen LogP contribution in [0.3, 0.4) is 0 Å². The number of halogens is 1. The highest BCUT2D eigenvalue weighted by atomic mass is 35.5. The van der Waals surface area contributed by atoms with Crippen molar-refractivity contribution in [2.45, 2.75) is 13.3 Å². The van der Waals surface area contributed by atoms with Crippen molar-refractivity contribution in [3.05, 3.63) is 51.6 Å². The van der Waals surface area contributed by atoms with Crippen molar-refractivity contribution in [1.29, 1.82) is 0 Å². The quantitative estimate of drug-likeness (QED) is 0.780. The Bertz CT molecular complexity index is 739. The minimum absolute atomic E-state index is 0.709. The lowest BCUT2D eigenvalue weighted by molar-refractivity contribution is 0.999. The van der Waals surface area contributed by atoms with Gasteiger partial charge in [0.05, 0.1) is 10.5 Å². The van der Waals surface area contributed by atoms with Crippen LogP contribution in [0.5, 0.6) is 0 Å². The summed E-state index contributed by atoms with van der Waals surface area (Å²) in [5.41, 5.74) is 1.99. The Morgan fingerprint density at radius 2 is 2.15 bits per heavy atom. The average Bonchev–Trinajstić information content (AvgIpc) is 2.84. The van der Waals surface area contributed by atoms with Gasteiger partial charge >= 0.3 is 0 Å². The van der Waals surface area contributed by atoms with E-state index in [1.54, 1.807) is 17.5 Å². The molecular formula is C15H14ClN3S. The van der Waals surface area contributed by atoms with Gasteiger partial charge in [0.2, 0.25) is 0 Å². The number of anilines is 1. The molecule has 0 fully saturated rings. The molecule has 102 valence electrons. The molecule has 0 aliphatic carbocycles. The van der Waals surface area contributed by atoms with Crippen LogP contribution < -0.4 is 5.32 Å². The number of fused-ring (bicyclic) bond motifs is 1. The molecule has 0 unspecified atom stereocenters. The smallest absolute Gasteiger partial charge is 0.0945 e. The summed E-state index contributed by atoms with van der Waals surface area (Å²) < 4.78 is 0. The number of aromatic nitrogens is 2. The van der Waals surface area contributed by atoms with E-state index in [1.165, 1.54) is 4.88 Å². The fraction of sp³-hybridized carbons (Fsp3) is 0.200. The summed E-state index contributed by atoms with van der Waals surface area (Å²) in [5, 5.41) is 6.41. The summed E-state index contributed by atoms with van der Waals surface area (Å²) in [7, 11) is 0. The predicted molar refractivity (Wildman–Crippen MR) is 85.8 cm³/mol. The van der Waals surface area contributed by atoms with Gasteiger partial charge in [0.15, 0.2) is 0 Å². The van der Waals surface area contributed by atoms with Gasteiger partial charge in [0, 0.05) is 46.3 Å². The number of aryl methyl sites for hydroxylation is 1. The van der Waals surface area contributed by atoms with Crippen molar-refractivity contribution in [3.8, 4) is 0 Å². The van der Waals surface area contributed by atoms with E-state index in [0.717, 1.165) is 34.6 Å². The van der Waals surface area contributed by atoms with E-state index in [-0.39, 0.29) is 0 Å². The van der Waals surface area contributed by atoms with Crippen molar-refractivity contribution >= 4 is 39.5 Å². The zero-order valence-corrected chi connectivity index (χ0v) is 12.6. The lowest BCUT2D eigenvalue weighted by Crippen LogP contribution is -2.05. The number of nitrogens with one attached hydrogen (secondary N) is 1. The molecule has 2 aromatic heterocycles. The Morgan fingerprint density at radius 3 is 2.95 bits per heavy atom. The molecule has 3 nitrogen and oxygen atoms in total. The van der Waals surface area contributed by atoms with E-state index in [1.807, 2.05) is 30.5 Å². The van der Waals surface area contributed by atoms with Gasteiger partial charge in [0.25, 0.3) is 0 Å². The Kier molecular flexibility index (Phi) is 3.85. The second-order valence-corrected chi connectivity index (χ2v) is 6.32. The SMILES string of the molecule is Cc1cnc(CCNc2ccnc3cc(Cl)ccc23)s1. The highest BCUT2D eigenvalue weighted by Gasteiger charge is 2.03. The zero-order chi connectivity index (χ0) is 13.9.